The molecule has 0 saturated carbocycles. The minimum absolute atomic E-state index is 1.09. The highest BCUT2D eigenvalue weighted by atomic mass is 32.1. The first-order chi connectivity index (χ1) is 9.92. The van der Waals surface area contributed by atoms with E-state index in [9.17, 15) is 0 Å². The molecule has 3 aromatic heterocycles. The normalized spacial score (nSPS) is 12.0. The molecule has 2 aromatic carbocycles. The molecule has 5 aromatic rings. The molecule has 20 heavy (non-hydrogen) atoms. The number of nitrogens with zero attached hydrogens (tertiary/aromatic N) is 1. The van der Waals surface area contributed by atoms with Gasteiger partial charge in [-0.3, -0.25) is 4.98 Å². The first kappa shape index (κ1) is 10.8. The molecule has 3 heterocycles. The maximum atomic E-state index is 4.65. The molecular weight excluding hydrogens is 282 g/mol. The summed E-state index contributed by atoms with van der Waals surface area (Å²) in [6, 6.07) is 15.1. The molecule has 0 aliphatic carbocycles. The summed E-state index contributed by atoms with van der Waals surface area (Å²) in [5.74, 6) is 0. The largest absolute Gasteiger partial charge is 0.255 e. The summed E-state index contributed by atoms with van der Waals surface area (Å²) in [6.07, 6.45) is 2.02. The van der Waals surface area contributed by atoms with Gasteiger partial charge in [0.2, 0.25) is 0 Å². The van der Waals surface area contributed by atoms with Gasteiger partial charge in [0.05, 0.1) is 14.9 Å². The fraction of sp³-hybridized carbons (Fsp3) is 0. The van der Waals surface area contributed by atoms with Crippen molar-refractivity contribution < 1.29 is 0 Å². The second kappa shape index (κ2) is 3.78. The maximum Gasteiger partial charge on any atom is 0.0716 e. The first-order valence-corrected chi connectivity index (χ1v) is 8.17. The van der Waals surface area contributed by atoms with Crippen molar-refractivity contribution >= 4 is 63.8 Å². The Labute approximate surface area is 123 Å². The number of benzene rings is 2. The summed E-state index contributed by atoms with van der Waals surface area (Å²) in [5.41, 5.74) is 1.09. The number of thiophene rings is 2. The summed E-state index contributed by atoms with van der Waals surface area (Å²) in [5, 5.41) is 7.44. The van der Waals surface area contributed by atoms with Crippen LogP contribution in [0.3, 0.4) is 0 Å². The van der Waals surface area contributed by atoms with Crippen LogP contribution in [0, 0.1) is 0 Å². The van der Waals surface area contributed by atoms with E-state index in [0.29, 0.717) is 0 Å². The van der Waals surface area contributed by atoms with E-state index in [-0.39, 0.29) is 0 Å². The van der Waals surface area contributed by atoms with Gasteiger partial charge in [-0.15, -0.1) is 22.7 Å². The summed E-state index contributed by atoms with van der Waals surface area (Å²) in [7, 11) is 0. The molecule has 0 bridgehead atoms. The van der Waals surface area contributed by atoms with Gasteiger partial charge in [0.25, 0.3) is 0 Å². The van der Waals surface area contributed by atoms with Gasteiger partial charge in [-0.1, -0.05) is 30.3 Å². The SMILES string of the molecule is c1ccc2c(c1)ccc1ncc3sc4ccsc4c3c12. The Morgan fingerprint density at radius 2 is 1.80 bits per heavy atom. The second-order valence-electron chi connectivity index (χ2n) is 4.89. The van der Waals surface area contributed by atoms with Crippen LogP contribution < -0.4 is 0 Å². The van der Waals surface area contributed by atoms with Crippen molar-refractivity contribution in [1.29, 1.82) is 0 Å². The Morgan fingerprint density at radius 1 is 0.850 bits per heavy atom. The predicted molar refractivity (Wildman–Crippen MR) is 90.0 cm³/mol. The van der Waals surface area contributed by atoms with Gasteiger partial charge >= 0.3 is 0 Å². The molecule has 5 rings (SSSR count). The molecule has 0 saturated heterocycles. The second-order valence-corrected chi connectivity index (χ2v) is 6.89. The highest BCUT2D eigenvalue weighted by molar-refractivity contribution is 7.32. The first-order valence-electron chi connectivity index (χ1n) is 6.48. The molecule has 94 valence electrons. The van der Waals surface area contributed by atoms with Gasteiger partial charge < -0.3 is 0 Å². The zero-order valence-corrected chi connectivity index (χ0v) is 12.1. The molecule has 0 amide bonds. The van der Waals surface area contributed by atoms with Crippen molar-refractivity contribution in [2.45, 2.75) is 0 Å². The minimum atomic E-state index is 1.09. The number of hydrogen-bond donors (Lipinski definition) is 0. The van der Waals surface area contributed by atoms with Gasteiger partial charge in [-0.05, 0) is 28.3 Å². The summed E-state index contributed by atoms with van der Waals surface area (Å²) >= 11 is 3.67. The lowest BCUT2D eigenvalue weighted by Crippen LogP contribution is -1.81. The van der Waals surface area contributed by atoms with Crippen LogP contribution in [0.2, 0.25) is 0 Å². The van der Waals surface area contributed by atoms with Gasteiger partial charge in [0, 0.05) is 21.7 Å². The molecule has 0 unspecified atom stereocenters. The molecule has 0 fully saturated rings. The van der Waals surface area contributed by atoms with Crippen LogP contribution in [0.15, 0.2) is 54.0 Å². The van der Waals surface area contributed by atoms with Crippen LogP contribution in [-0.4, -0.2) is 4.98 Å². The number of hydrogen-bond acceptors (Lipinski definition) is 3. The maximum absolute atomic E-state index is 4.65. The lowest BCUT2D eigenvalue weighted by atomic mass is 10.0. The quantitative estimate of drug-likeness (QED) is 0.328. The fourth-order valence-corrected chi connectivity index (χ4v) is 5.18. The monoisotopic (exact) mass is 291 g/mol. The molecule has 0 N–H and O–H groups in total. The van der Waals surface area contributed by atoms with Crippen molar-refractivity contribution in [2.75, 3.05) is 0 Å². The number of fused-ring (bicyclic) bond motifs is 7. The number of pyridine rings is 1. The molecule has 0 aliphatic rings. The Hall–Kier alpha value is -1.97. The fourth-order valence-electron chi connectivity index (χ4n) is 2.93. The lowest BCUT2D eigenvalue weighted by Gasteiger charge is -2.04. The number of rotatable bonds is 0. The van der Waals surface area contributed by atoms with Crippen molar-refractivity contribution in [3.63, 3.8) is 0 Å². The summed E-state index contributed by atoms with van der Waals surface area (Å²) in [6.45, 7) is 0. The minimum Gasteiger partial charge on any atom is -0.255 e. The average molecular weight is 291 g/mol. The van der Waals surface area contributed by atoms with Crippen LogP contribution >= 0.6 is 22.7 Å². The topological polar surface area (TPSA) is 12.9 Å². The summed E-state index contributed by atoms with van der Waals surface area (Å²) in [4.78, 5) is 4.65. The Morgan fingerprint density at radius 3 is 2.80 bits per heavy atom. The van der Waals surface area contributed by atoms with E-state index in [1.54, 1.807) is 0 Å². The van der Waals surface area contributed by atoms with E-state index in [1.165, 1.54) is 35.6 Å². The predicted octanol–water partition coefficient (Wildman–Crippen LogP) is 5.82. The zero-order chi connectivity index (χ0) is 13.1. The van der Waals surface area contributed by atoms with Gasteiger partial charge in [0.1, 0.15) is 0 Å². The molecule has 0 atom stereocenters. The van der Waals surface area contributed by atoms with E-state index < -0.39 is 0 Å². The van der Waals surface area contributed by atoms with E-state index in [0.717, 1.165) is 5.52 Å². The van der Waals surface area contributed by atoms with Crippen LogP contribution in [0.25, 0.3) is 41.2 Å². The lowest BCUT2D eigenvalue weighted by molar-refractivity contribution is 1.46. The van der Waals surface area contributed by atoms with Crippen molar-refractivity contribution in [3.05, 3.63) is 54.0 Å². The van der Waals surface area contributed by atoms with Gasteiger partial charge in [-0.25, -0.2) is 0 Å². The molecule has 1 nitrogen and oxygen atoms in total. The van der Waals surface area contributed by atoms with Crippen LogP contribution in [0.1, 0.15) is 0 Å². The van der Waals surface area contributed by atoms with E-state index in [2.05, 4.69) is 52.8 Å². The Kier molecular flexibility index (Phi) is 2.04. The third-order valence-electron chi connectivity index (χ3n) is 3.80. The third kappa shape index (κ3) is 1.29. The Balaban J connectivity index is 2.21. The van der Waals surface area contributed by atoms with Gasteiger partial charge in [0.15, 0.2) is 0 Å². The van der Waals surface area contributed by atoms with Crippen LogP contribution in [-0.2, 0) is 0 Å². The van der Waals surface area contributed by atoms with Crippen molar-refractivity contribution in [2.24, 2.45) is 0 Å². The van der Waals surface area contributed by atoms with Crippen LogP contribution in [0.5, 0.6) is 0 Å². The van der Waals surface area contributed by atoms with E-state index in [1.807, 2.05) is 28.9 Å². The van der Waals surface area contributed by atoms with Crippen LogP contribution in [0.4, 0.5) is 0 Å². The number of aromatic nitrogens is 1. The highest BCUT2D eigenvalue weighted by Gasteiger charge is 2.12. The standard InChI is InChI=1S/C17H9NS2/c1-2-4-11-10(3-1)5-6-12-15(11)16-14(9-18-12)20-13-7-8-19-17(13)16/h1-9H. The molecule has 0 aliphatic heterocycles. The van der Waals surface area contributed by atoms with Gasteiger partial charge in [-0.2, -0.15) is 0 Å². The van der Waals surface area contributed by atoms with E-state index in [4.69, 9.17) is 0 Å². The molecule has 0 spiro atoms. The third-order valence-corrected chi connectivity index (χ3v) is 5.95. The van der Waals surface area contributed by atoms with Crippen molar-refractivity contribution in [3.8, 4) is 0 Å². The smallest absolute Gasteiger partial charge is 0.0716 e. The van der Waals surface area contributed by atoms with E-state index >= 15 is 0 Å². The molecule has 0 radical (unpaired) electrons. The zero-order valence-electron chi connectivity index (χ0n) is 10.5. The average Bonchev–Trinajstić information content (AvgIpc) is 3.07. The molecule has 3 heteroatoms. The van der Waals surface area contributed by atoms with Crippen molar-refractivity contribution in [1.82, 2.24) is 4.98 Å². The Bertz CT molecular complexity index is 1100. The summed E-state index contributed by atoms with van der Waals surface area (Å²) < 4.78 is 4.05. The highest BCUT2D eigenvalue weighted by Crippen LogP contribution is 2.42. The molecular formula is C17H9NS2.